The third-order valence-corrected chi connectivity index (χ3v) is 7.25. The number of para-hydroxylation sites is 1. The van der Waals surface area contributed by atoms with Crippen LogP contribution >= 0.6 is 0 Å². The highest BCUT2D eigenvalue weighted by Gasteiger charge is 2.34. The number of hydrogen-bond acceptors (Lipinski definition) is 4. The van der Waals surface area contributed by atoms with Crippen molar-refractivity contribution >= 4 is 27.7 Å². The van der Waals surface area contributed by atoms with Crippen LogP contribution in [-0.2, 0) is 26.2 Å². The van der Waals surface area contributed by atoms with Gasteiger partial charge in [0.25, 0.3) is 0 Å². The molecule has 9 heteroatoms. The van der Waals surface area contributed by atoms with Crippen LogP contribution in [0.1, 0.15) is 39.7 Å². The summed E-state index contributed by atoms with van der Waals surface area (Å²) >= 11 is 0. The second kappa shape index (κ2) is 12.2. The molecule has 0 heterocycles. The molecule has 0 aliphatic carbocycles. The second-order valence-corrected chi connectivity index (χ2v) is 11.7. The third-order valence-electron chi connectivity index (χ3n) is 5.43. The van der Waals surface area contributed by atoms with Crippen molar-refractivity contribution in [3.8, 4) is 0 Å². The van der Waals surface area contributed by atoms with Gasteiger partial charge in [0, 0.05) is 26.2 Å². The standard InChI is InChI=1S/C26H38N4O4S/c1-7-23(25(32)27-26(2,3)4)29(19-18-21-14-10-8-11-15-21)24(31)20-30(35(33,34)28(5)6)22-16-12-9-13-17-22/h8-17,23H,7,18-20H2,1-6H3,(H,27,32)/t23-/m0/s1. The molecular formula is C26H38N4O4S. The van der Waals surface area contributed by atoms with Crippen LogP contribution in [0.2, 0.25) is 0 Å². The lowest BCUT2D eigenvalue weighted by Gasteiger charge is -2.35. The van der Waals surface area contributed by atoms with Gasteiger partial charge in [-0.2, -0.15) is 12.7 Å². The molecule has 192 valence electrons. The summed E-state index contributed by atoms with van der Waals surface area (Å²) in [5.74, 6) is -0.700. The minimum absolute atomic E-state index is 0.261. The molecule has 0 saturated carbocycles. The van der Waals surface area contributed by atoms with Gasteiger partial charge < -0.3 is 10.2 Å². The predicted octanol–water partition coefficient (Wildman–Crippen LogP) is 3.06. The first-order chi connectivity index (χ1) is 16.4. The van der Waals surface area contributed by atoms with Gasteiger partial charge >= 0.3 is 10.2 Å². The Balaban J connectivity index is 2.41. The van der Waals surface area contributed by atoms with Crippen LogP contribution in [-0.4, -0.2) is 68.2 Å². The zero-order valence-corrected chi connectivity index (χ0v) is 22.4. The minimum Gasteiger partial charge on any atom is -0.350 e. The highest BCUT2D eigenvalue weighted by Crippen LogP contribution is 2.20. The molecule has 0 radical (unpaired) electrons. The van der Waals surface area contributed by atoms with Gasteiger partial charge in [0.05, 0.1) is 5.69 Å². The number of nitrogens with one attached hydrogen (secondary N) is 1. The molecule has 35 heavy (non-hydrogen) atoms. The van der Waals surface area contributed by atoms with Gasteiger partial charge in [-0.15, -0.1) is 0 Å². The van der Waals surface area contributed by atoms with Crippen LogP contribution in [0.15, 0.2) is 60.7 Å². The number of anilines is 1. The molecule has 1 N–H and O–H groups in total. The van der Waals surface area contributed by atoms with Gasteiger partial charge in [0.2, 0.25) is 11.8 Å². The van der Waals surface area contributed by atoms with E-state index in [0.29, 0.717) is 18.5 Å². The van der Waals surface area contributed by atoms with E-state index >= 15 is 0 Å². The van der Waals surface area contributed by atoms with E-state index in [1.807, 2.05) is 58.0 Å². The van der Waals surface area contributed by atoms with E-state index in [-0.39, 0.29) is 12.5 Å². The van der Waals surface area contributed by atoms with Crippen LogP contribution in [0.3, 0.4) is 0 Å². The van der Waals surface area contributed by atoms with Gasteiger partial charge in [0.1, 0.15) is 12.6 Å². The van der Waals surface area contributed by atoms with Crippen LogP contribution in [0.5, 0.6) is 0 Å². The Morgan fingerprint density at radius 2 is 1.49 bits per heavy atom. The van der Waals surface area contributed by atoms with Crippen LogP contribution in [0.4, 0.5) is 5.69 Å². The summed E-state index contributed by atoms with van der Waals surface area (Å²) in [6, 6.07) is 17.5. The number of carbonyl (C=O) groups excluding carboxylic acids is 2. The number of benzene rings is 2. The molecule has 2 rings (SSSR count). The third kappa shape index (κ3) is 8.07. The Hall–Kier alpha value is -2.91. The molecule has 0 spiro atoms. The molecule has 1 atom stereocenters. The molecule has 8 nitrogen and oxygen atoms in total. The van der Waals surface area contributed by atoms with E-state index in [1.165, 1.54) is 19.0 Å². The first-order valence-corrected chi connectivity index (χ1v) is 13.2. The van der Waals surface area contributed by atoms with Gasteiger partial charge in [-0.25, -0.2) is 4.31 Å². The van der Waals surface area contributed by atoms with Gasteiger partial charge in [-0.05, 0) is 51.3 Å². The van der Waals surface area contributed by atoms with Gasteiger partial charge in [0.15, 0.2) is 0 Å². The number of rotatable bonds is 11. The number of carbonyl (C=O) groups is 2. The highest BCUT2D eigenvalue weighted by atomic mass is 32.2. The quantitative estimate of drug-likeness (QED) is 0.511. The molecule has 0 bridgehead atoms. The summed E-state index contributed by atoms with van der Waals surface area (Å²) in [7, 11) is -1.10. The number of nitrogens with zero attached hydrogens (tertiary/aromatic N) is 3. The Morgan fingerprint density at radius 3 is 1.97 bits per heavy atom. The summed E-state index contributed by atoms with van der Waals surface area (Å²) in [5.41, 5.74) is 0.935. The Kier molecular flexibility index (Phi) is 9.85. The van der Waals surface area contributed by atoms with Crippen molar-refractivity contribution in [3.05, 3.63) is 66.2 Å². The Bertz CT molecular complexity index is 1070. The molecule has 0 saturated heterocycles. The smallest absolute Gasteiger partial charge is 0.304 e. The molecule has 0 unspecified atom stereocenters. The average Bonchev–Trinajstić information content (AvgIpc) is 2.79. The number of amides is 2. The Labute approximate surface area is 210 Å². The van der Waals surface area contributed by atoms with Crippen LogP contribution < -0.4 is 9.62 Å². The van der Waals surface area contributed by atoms with Crippen molar-refractivity contribution in [2.45, 2.75) is 52.1 Å². The molecule has 0 aliphatic rings. The topological polar surface area (TPSA) is 90.0 Å². The Morgan fingerprint density at radius 1 is 0.943 bits per heavy atom. The van der Waals surface area contributed by atoms with E-state index in [4.69, 9.17) is 0 Å². The van der Waals surface area contributed by atoms with Crippen molar-refractivity contribution in [2.75, 3.05) is 31.5 Å². The molecule has 2 aromatic carbocycles. The van der Waals surface area contributed by atoms with Gasteiger partial charge in [-0.1, -0.05) is 55.5 Å². The van der Waals surface area contributed by atoms with Crippen LogP contribution in [0, 0.1) is 0 Å². The molecule has 0 aliphatic heterocycles. The summed E-state index contributed by atoms with van der Waals surface area (Å²) in [4.78, 5) is 28.4. The first-order valence-electron chi connectivity index (χ1n) is 11.8. The van der Waals surface area contributed by atoms with Crippen molar-refractivity contribution in [3.63, 3.8) is 0 Å². The zero-order valence-electron chi connectivity index (χ0n) is 21.6. The highest BCUT2D eigenvalue weighted by molar-refractivity contribution is 7.90. The maximum Gasteiger partial charge on any atom is 0.304 e. The lowest BCUT2D eigenvalue weighted by Crippen LogP contribution is -2.56. The average molecular weight is 503 g/mol. The van der Waals surface area contributed by atoms with Crippen molar-refractivity contribution in [1.82, 2.24) is 14.5 Å². The van der Waals surface area contributed by atoms with E-state index in [0.717, 1.165) is 14.2 Å². The number of hydrogen-bond donors (Lipinski definition) is 1. The fourth-order valence-electron chi connectivity index (χ4n) is 3.66. The lowest BCUT2D eigenvalue weighted by atomic mass is 10.1. The lowest BCUT2D eigenvalue weighted by molar-refractivity contribution is -0.140. The molecule has 0 fully saturated rings. The molecular weight excluding hydrogens is 464 g/mol. The monoisotopic (exact) mass is 502 g/mol. The maximum absolute atomic E-state index is 13.7. The second-order valence-electron chi connectivity index (χ2n) is 9.62. The molecule has 2 aromatic rings. The normalized spacial score (nSPS) is 12.8. The summed E-state index contributed by atoms with van der Waals surface area (Å²) in [6.45, 7) is 7.36. The predicted molar refractivity (Wildman–Crippen MR) is 140 cm³/mol. The van der Waals surface area contributed by atoms with Crippen molar-refractivity contribution < 1.29 is 18.0 Å². The van der Waals surface area contributed by atoms with E-state index in [1.54, 1.807) is 30.3 Å². The first kappa shape index (κ1) is 28.3. The fourth-order valence-corrected chi connectivity index (χ4v) is 4.72. The van der Waals surface area contributed by atoms with Crippen LogP contribution in [0.25, 0.3) is 0 Å². The van der Waals surface area contributed by atoms with Crippen molar-refractivity contribution in [2.24, 2.45) is 0 Å². The fraction of sp³-hybridized carbons (Fsp3) is 0.462. The SMILES string of the molecule is CC[C@@H](C(=O)NC(C)(C)C)N(CCc1ccccc1)C(=O)CN(c1ccccc1)S(=O)(=O)N(C)C. The maximum atomic E-state index is 13.7. The van der Waals surface area contributed by atoms with E-state index in [9.17, 15) is 18.0 Å². The summed E-state index contributed by atoms with van der Waals surface area (Å²) < 4.78 is 28.4. The molecule has 0 aromatic heterocycles. The van der Waals surface area contributed by atoms with Gasteiger partial charge in [-0.3, -0.25) is 9.59 Å². The van der Waals surface area contributed by atoms with E-state index in [2.05, 4.69) is 5.32 Å². The van der Waals surface area contributed by atoms with E-state index < -0.39 is 34.2 Å². The largest absolute Gasteiger partial charge is 0.350 e. The summed E-state index contributed by atoms with van der Waals surface area (Å²) in [6.07, 6.45) is 0.936. The van der Waals surface area contributed by atoms with Crippen molar-refractivity contribution in [1.29, 1.82) is 0 Å². The minimum atomic E-state index is -3.95. The molecule has 2 amide bonds. The zero-order chi connectivity index (χ0) is 26.2. The summed E-state index contributed by atoms with van der Waals surface area (Å²) in [5, 5.41) is 2.96.